The number of nitrogens with two attached hydrogens (primary N) is 1. The molecule has 2 nitrogen and oxygen atoms in total. The number of hydrogen-bond acceptors (Lipinski definition) is 3. The fourth-order valence-corrected chi connectivity index (χ4v) is 2.33. The van der Waals surface area contributed by atoms with Crippen LogP contribution in [0.1, 0.15) is 56.8 Å². The van der Waals surface area contributed by atoms with Crippen LogP contribution in [0.25, 0.3) is 0 Å². The summed E-state index contributed by atoms with van der Waals surface area (Å²) in [6.45, 7) is 8.67. The molecule has 0 aliphatic heterocycles. The highest BCUT2D eigenvalue weighted by Crippen LogP contribution is 2.26. The number of thiazole rings is 1. The van der Waals surface area contributed by atoms with Crippen molar-refractivity contribution in [1.82, 2.24) is 4.98 Å². The van der Waals surface area contributed by atoms with Crippen LogP contribution in [0.15, 0.2) is 5.38 Å². The minimum Gasteiger partial charge on any atom is -0.322 e. The second-order valence-electron chi connectivity index (χ2n) is 4.18. The summed E-state index contributed by atoms with van der Waals surface area (Å²) in [5.41, 5.74) is 7.28. The van der Waals surface area contributed by atoms with Crippen molar-refractivity contribution in [1.29, 1.82) is 0 Å². The molecule has 0 fully saturated rings. The van der Waals surface area contributed by atoms with Gasteiger partial charge in [-0.25, -0.2) is 4.98 Å². The van der Waals surface area contributed by atoms with Gasteiger partial charge in [-0.15, -0.1) is 11.3 Å². The number of hydrogen-bond donors (Lipinski definition) is 1. The molecule has 1 heterocycles. The lowest BCUT2D eigenvalue weighted by atomic mass is 10.0. The zero-order chi connectivity index (χ0) is 10.7. The van der Waals surface area contributed by atoms with E-state index in [9.17, 15) is 0 Å². The Hall–Kier alpha value is -0.410. The summed E-state index contributed by atoms with van der Waals surface area (Å²) in [4.78, 5) is 4.57. The topological polar surface area (TPSA) is 38.9 Å². The van der Waals surface area contributed by atoms with Crippen molar-refractivity contribution in [3.8, 4) is 0 Å². The standard InChI is InChI=1S/C11H20N2S/c1-5-8(4)10(12)11-13-9(6-14-11)7(2)3/h6-8,10H,5,12H2,1-4H3. The molecule has 0 aromatic carbocycles. The molecule has 1 aromatic rings. The van der Waals surface area contributed by atoms with Crippen LogP contribution in [-0.2, 0) is 0 Å². The molecule has 1 aromatic heterocycles. The van der Waals surface area contributed by atoms with Crippen LogP contribution in [0.2, 0.25) is 0 Å². The number of nitrogens with zero attached hydrogens (tertiary/aromatic N) is 1. The van der Waals surface area contributed by atoms with Crippen LogP contribution in [0.4, 0.5) is 0 Å². The molecule has 2 N–H and O–H groups in total. The first-order valence-electron chi connectivity index (χ1n) is 5.27. The third-order valence-electron chi connectivity index (χ3n) is 2.67. The zero-order valence-electron chi connectivity index (χ0n) is 9.45. The Morgan fingerprint density at radius 2 is 2.07 bits per heavy atom. The Morgan fingerprint density at radius 3 is 2.50 bits per heavy atom. The van der Waals surface area contributed by atoms with E-state index < -0.39 is 0 Å². The maximum absolute atomic E-state index is 6.11. The third-order valence-corrected chi connectivity index (χ3v) is 3.64. The average molecular weight is 212 g/mol. The monoisotopic (exact) mass is 212 g/mol. The van der Waals surface area contributed by atoms with E-state index in [1.807, 2.05) is 0 Å². The molecule has 0 aliphatic rings. The van der Waals surface area contributed by atoms with Gasteiger partial charge in [0.1, 0.15) is 5.01 Å². The first kappa shape index (κ1) is 11.7. The molecule has 0 saturated heterocycles. The smallest absolute Gasteiger partial charge is 0.110 e. The van der Waals surface area contributed by atoms with Gasteiger partial charge < -0.3 is 5.73 Å². The largest absolute Gasteiger partial charge is 0.322 e. The van der Waals surface area contributed by atoms with Gasteiger partial charge in [0.25, 0.3) is 0 Å². The van der Waals surface area contributed by atoms with Gasteiger partial charge >= 0.3 is 0 Å². The highest BCUT2D eigenvalue weighted by Gasteiger charge is 2.17. The van der Waals surface area contributed by atoms with Gasteiger partial charge in [0, 0.05) is 5.38 Å². The van der Waals surface area contributed by atoms with Gasteiger partial charge in [0.15, 0.2) is 0 Å². The van der Waals surface area contributed by atoms with Crippen LogP contribution in [-0.4, -0.2) is 4.98 Å². The van der Waals surface area contributed by atoms with E-state index in [-0.39, 0.29) is 6.04 Å². The second-order valence-corrected chi connectivity index (χ2v) is 5.07. The first-order chi connectivity index (χ1) is 6.56. The van der Waals surface area contributed by atoms with E-state index in [1.165, 1.54) is 5.69 Å². The summed E-state index contributed by atoms with van der Waals surface area (Å²) in [5.74, 6) is 1.02. The van der Waals surface area contributed by atoms with Gasteiger partial charge in [-0.3, -0.25) is 0 Å². The van der Waals surface area contributed by atoms with Crippen LogP contribution in [0.3, 0.4) is 0 Å². The minimum atomic E-state index is 0.109. The predicted octanol–water partition coefficient (Wildman–Crippen LogP) is 3.31. The van der Waals surface area contributed by atoms with E-state index in [0.717, 1.165) is 11.4 Å². The van der Waals surface area contributed by atoms with Gasteiger partial charge in [0.2, 0.25) is 0 Å². The third kappa shape index (κ3) is 2.55. The van der Waals surface area contributed by atoms with Crippen LogP contribution in [0.5, 0.6) is 0 Å². The van der Waals surface area contributed by atoms with Gasteiger partial charge in [-0.1, -0.05) is 34.1 Å². The normalized spacial score (nSPS) is 15.9. The average Bonchev–Trinajstić information content (AvgIpc) is 2.64. The van der Waals surface area contributed by atoms with Crippen molar-refractivity contribution >= 4 is 11.3 Å². The quantitative estimate of drug-likeness (QED) is 0.831. The molecule has 0 bridgehead atoms. The molecule has 3 heteroatoms. The lowest BCUT2D eigenvalue weighted by Crippen LogP contribution is -2.18. The second kappa shape index (κ2) is 4.89. The van der Waals surface area contributed by atoms with E-state index in [0.29, 0.717) is 11.8 Å². The van der Waals surface area contributed by atoms with Crippen molar-refractivity contribution in [3.63, 3.8) is 0 Å². The summed E-state index contributed by atoms with van der Waals surface area (Å²) in [7, 11) is 0. The summed E-state index contributed by atoms with van der Waals surface area (Å²) in [6, 6.07) is 0.109. The van der Waals surface area contributed by atoms with E-state index in [2.05, 4.69) is 38.1 Å². The summed E-state index contributed by atoms with van der Waals surface area (Å²) < 4.78 is 0. The Morgan fingerprint density at radius 1 is 1.43 bits per heavy atom. The van der Waals surface area contributed by atoms with E-state index in [1.54, 1.807) is 11.3 Å². The summed E-state index contributed by atoms with van der Waals surface area (Å²) in [5, 5.41) is 3.21. The molecule has 0 saturated carbocycles. The molecule has 80 valence electrons. The number of rotatable bonds is 4. The predicted molar refractivity (Wildman–Crippen MR) is 62.6 cm³/mol. The highest BCUT2D eigenvalue weighted by molar-refractivity contribution is 7.09. The lowest BCUT2D eigenvalue weighted by molar-refractivity contribution is 0.454. The molecule has 0 aliphatic carbocycles. The molecular formula is C11H20N2S. The van der Waals surface area contributed by atoms with Crippen LogP contribution >= 0.6 is 11.3 Å². The van der Waals surface area contributed by atoms with Crippen molar-refractivity contribution in [2.24, 2.45) is 11.7 Å². The van der Waals surface area contributed by atoms with Crippen LogP contribution in [0, 0.1) is 5.92 Å². The first-order valence-corrected chi connectivity index (χ1v) is 6.15. The zero-order valence-corrected chi connectivity index (χ0v) is 10.3. The van der Waals surface area contributed by atoms with Gasteiger partial charge in [0.05, 0.1) is 11.7 Å². The summed E-state index contributed by atoms with van der Waals surface area (Å²) in [6.07, 6.45) is 1.11. The fraction of sp³-hybridized carbons (Fsp3) is 0.727. The SMILES string of the molecule is CCC(C)C(N)c1nc(C(C)C)cs1. The van der Waals surface area contributed by atoms with E-state index in [4.69, 9.17) is 5.73 Å². The molecule has 0 amide bonds. The maximum Gasteiger partial charge on any atom is 0.110 e. The Bertz CT molecular complexity index is 281. The number of aromatic nitrogens is 1. The molecule has 14 heavy (non-hydrogen) atoms. The maximum atomic E-state index is 6.11. The molecule has 0 radical (unpaired) electrons. The molecule has 1 rings (SSSR count). The Labute approximate surface area is 90.6 Å². The Kier molecular flexibility index (Phi) is 4.08. The molecular weight excluding hydrogens is 192 g/mol. The Balaban J connectivity index is 2.76. The van der Waals surface area contributed by atoms with Crippen LogP contribution < -0.4 is 5.73 Å². The fourth-order valence-electron chi connectivity index (χ4n) is 1.22. The van der Waals surface area contributed by atoms with Crippen molar-refractivity contribution in [2.45, 2.75) is 46.1 Å². The van der Waals surface area contributed by atoms with Crippen molar-refractivity contribution < 1.29 is 0 Å². The van der Waals surface area contributed by atoms with Gasteiger partial charge in [-0.2, -0.15) is 0 Å². The molecule has 2 unspecified atom stereocenters. The van der Waals surface area contributed by atoms with Crippen molar-refractivity contribution in [3.05, 3.63) is 16.1 Å². The molecule has 0 spiro atoms. The summed E-state index contributed by atoms with van der Waals surface area (Å²) >= 11 is 1.69. The molecule has 2 atom stereocenters. The van der Waals surface area contributed by atoms with Crippen molar-refractivity contribution in [2.75, 3.05) is 0 Å². The van der Waals surface area contributed by atoms with Gasteiger partial charge in [-0.05, 0) is 11.8 Å². The minimum absolute atomic E-state index is 0.109. The van der Waals surface area contributed by atoms with E-state index >= 15 is 0 Å². The lowest BCUT2D eigenvalue weighted by Gasteiger charge is -2.15. The highest BCUT2D eigenvalue weighted by atomic mass is 32.1.